The van der Waals surface area contributed by atoms with Crippen LogP contribution in [0.4, 0.5) is 5.82 Å². The lowest BCUT2D eigenvalue weighted by atomic mass is 10.0. The van der Waals surface area contributed by atoms with Crippen molar-refractivity contribution in [3.8, 4) is 0 Å². The fourth-order valence-electron chi connectivity index (χ4n) is 3.14. The number of nitrogens with one attached hydrogen (secondary N) is 1. The van der Waals surface area contributed by atoms with Gasteiger partial charge >= 0.3 is 0 Å². The molecule has 0 bridgehead atoms. The van der Waals surface area contributed by atoms with Crippen LogP contribution in [0.3, 0.4) is 0 Å². The summed E-state index contributed by atoms with van der Waals surface area (Å²) in [5, 5.41) is 15.5. The Morgan fingerprint density at radius 3 is 3.05 bits per heavy atom. The second-order valence-corrected chi connectivity index (χ2v) is 7.20. The lowest BCUT2D eigenvalue weighted by molar-refractivity contribution is 0.136. The van der Waals surface area contributed by atoms with E-state index in [2.05, 4.69) is 26.2 Å². The van der Waals surface area contributed by atoms with Crippen LogP contribution < -0.4 is 10.2 Å². The molecule has 2 N–H and O–H groups in total. The highest BCUT2D eigenvalue weighted by Gasteiger charge is 2.30. The van der Waals surface area contributed by atoms with Crippen LogP contribution >= 0.6 is 11.3 Å². The lowest BCUT2D eigenvalue weighted by Gasteiger charge is -2.19. The maximum absolute atomic E-state index is 9.81. The molecule has 2 aromatic heterocycles. The first kappa shape index (κ1) is 13.5. The Morgan fingerprint density at radius 1 is 1.48 bits per heavy atom. The van der Waals surface area contributed by atoms with E-state index in [1.54, 1.807) is 11.3 Å². The third kappa shape index (κ3) is 2.56. The van der Waals surface area contributed by atoms with Gasteiger partial charge in [0.2, 0.25) is 0 Å². The molecule has 1 saturated carbocycles. The average Bonchev–Trinajstić information content (AvgIpc) is 2.90. The summed E-state index contributed by atoms with van der Waals surface area (Å²) < 4.78 is 2.21. The van der Waals surface area contributed by atoms with E-state index in [0.717, 1.165) is 36.8 Å². The molecular formula is C15H22N4OS. The van der Waals surface area contributed by atoms with Gasteiger partial charge in [0.05, 0.1) is 11.8 Å². The molecule has 2 aliphatic rings. The Labute approximate surface area is 128 Å². The summed E-state index contributed by atoms with van der Waals surface area (Å²) in [5.41, 5.74) is 1.27. The summed E-state index contributed by atoms with van der Waals surface area (Å²) in [4.78, 5) is 8.25. The van der Waals surface area contributed by atoms with Crippen molar-refractivity contribution in [1.29, 1.82) is 0 Å². The summed E-state index contributed by atoms with van der Waals surface area (Å²) >= 11 is 1.69. The van der Waals surface area contributed by atoms with E-state index in [1.807, 2.05) is 6.92 Å². The number of fused-ring (bicyclic) bond motifs is 1. The average molecular weight is 306 g/mol. The van der Waals surface area contributed by atoms with Gasteiger partial charge < -0.3 is 15.3 Å². The molecule has 1 aliphatic heterocycles. The van der Waals surface area contributed by atoms with E-state index in [9.17, 15) is 5.11 Å². The molecule has 21 heavy (non-hydrogen) atoms. The van der Waals surface area contributed by atoms with Gasteiger partial charge in [-0.25, -0.2) is 4.98 Å². The van der Waals surface area contributed by atoms with E-state index >= 15 is 0 Å². The molecule has 2 unspecified atom stereocenters. The predicted molar refractivity (Wildman–Crippen MR) is 84.9 cm³/mol. The van der Waals surface area contributed by atoms with Gasteiger partial charge in [-0.3, -0.25) is 4.40 Å². The molecule has 1 saturated heterocycles. The molecule has 114 valence electrons. The maximum atomic E-state index is 9.81. The highest BCUT2D eigenvalue weighted by molar-refractivity contribution is 7.15. The lowest BCUT2D eigenvalue weighted by Crippen LogP contribution is -2.26. The summed E-state index contributed by atoms with van der Waals surface area (Å²) in [6.45, 7) is 4.69. The van der Waals surface area contributed by atoms with Crippen molar-refractivity contribution in [1.82, 2.24) is 14.7 Å². The van der Waals surface area contributed by atoms with Crippen LogP contribution in [0.25, 0.3) is 4.96 Å². The van der Waals surface area contributed by atoms with E-state index in [0.29, 0.717) is 12.0 Å². The number of hydrogen-bond acceptors (Lipinski definition) is 5. The minimum Gasteiger partial charge on any atom is -0.393 e. The number of aromatic nitrogens is 2. The quantitative estimate of drug-likeness (QED) is 0.885. The monoisotopic (exact) mass is 306 g/mol. The number of hydrogen-bond donors (Lipinski definition) is 2. The fourth-order valence-corrected chi connectivity index (χ4v) is 3.87. The minimum atomic E-state index is -0.230. The normalized spacial score (nSPS) is 24.1. The highest BCUT2D eigenvalue weighted by Crippen LogP contribution is 2.31. The van der Waals surface area contributed by atoms with Gasteiger partial charge in [0, 0.05) is 43.2 Å². The Balaban J connectivity index is 1.60. The standard InChI is InChI=1S/C15H22N4OS/c1-10(20)11-4-5-18(9-11)14-13(8-16-12-2-3-12)19-6-7-21-15(19)17-14/h6-7,10-12,16,20H,2-5,8-9H2,1H3. The van der Waals surface area contributed by atoms with Crippen LogP contribution in [0.1, 0.15) is 31.9 Å². The van der Waals surface area contributed by atoms with E-state index < -0.39 is 0 Å². The molecule has 0 aromatic carbocycles. The van der Waals surface area contributed by atoms with Crippen molar-refractivity contribution >= 4 is 22.1 Å². The minimum absolute atomic E-state index is 0.230. The molecule has 0 spiro atoms. The van der Waals surface area contributed by atoms with Crippen LogP contribution in [0.2, 0.25) is 0 Å². The molecule has 2 aromatic rings. The summed E-state index contributed by atoms with van der Waals surface area (Å²) in [7, 11) is 0. The molecule has 4 rings (SSSR count). The number of rotatable bonds is 5. The van der Waals surface area contributed by atoms with Gasteiger partial charge in [-0.2, -0.15) is 0 Å². The maximum Gasteiger partial charge on any atom is 0.195 e. The Hall–Kier alpha value is -1.11. The summed E-state index contributed by atoms with van der Waals surface area (Å²) in [5.74, 6) is 1.48. The smallest absolute Gasteiger partial charge is 0.195 e. The fraction of sp³-hybridized carbons (Fsp3) is 0.667. The second kappa shape index (κ2) is 5.26. The summed E-state index contributed by atoms with van der Waals surface area (Å²) in [6.07, 6.45) is 5.54. The molecule has 2 fully saturated rings. The number of nitrogens with zero attached hydrogens (tertiary/aromatic N) is 3. The molecule has 1 aliphatic carbocycles. The Morgan fingerprint density at radius 2 is 2.33 bits per heavy atom. The summed E-state index contributed by atoms with van der Waals surface area (Å²) in [6, 6.07) is 0.700. The zero-order valence-electron chi connectivity index (χ0n) is 12.3. The SMILES string of the molecule is CC(O)C1CCN(c2nc3sccn3c2CNC2CC2)C1. The van der Waals surface area contributed by atoms with Crippen LogP contribution in [0.15, 0.2) is 11.6 Å². The second-order valence-electron chi connectivity index (χ2n) is 6.33. The largest absolute Gasteiger partial charge is 0.393 e. The molecule has 0 amide bonds. The predicted octanol–water partition coefficient (Wildman–Crippen LogP) is 1.85. The van der Waals surface area contributed by atoms with Crippen LogP contribution in [0.5, 0.6) is 0 Å². The van der Waals surface area contributed by atoms with Gasteiger partial charge in [-0.05, 0) is 26.2 Å². The van der Waals surface area contributed by atoms with Crippen LogP contribution in [-0.4, -0.2) is 39.7 Å². The van der Waals surface area contributed by atoms with Gasteiger partial charge in [-0.1, -0.05) is 0 Å². The first-order chi connectivity index (χ1) is 10.2. The van der Waals surface area contributed by atoms with Crippen LogP contribution in [0, 0.1) is 5.92 Å². The molecule has 0 radical (unpaired) electrons. The Bertz CT molecular complexity index is 631. The van der Waals surface area contributed by atoms with E-state index in [1.165, 1.54) is 18.5 Å². The Kier molecular flexibility index (Phi) is 3.40. The first-order valence-corrected chi connectivity index (χ1v) is 8.71. The molecule has 3 heterocycles. The third-order valence-electron chi connectivity index (χ3n) is 4.68. The number of aliphatic hydroxyl groups excluding tert-OH is 1. The van der Waals surface area contributed by atoms with Crippen molar-refractivity contribution in [2.45, 2.75) is 44.9 Å². The molecule has 6 heteroatoms. The van der Waals surface area contributed by atoms with Crippen LogP contribution in [-0.2, 0) is 6.54 Å². The number of thiazole rings is 1. The topological polar surface area (TPSA) is 52.8 Å². The number of imidazole rings is 1. The first-order valence-electron chi connectivity index (χ1n) is 7.83. The van der Waals surface area contributed by atoms with E-state index in [-0.39, 0.29) is 6.10 Å². The van der Waals surface area contributed by atoms with Crippen molar-refractivity contribution in [2.75, 3.05) is 18.0 Å². The van der Waals surface area contributed by atoms with Crippen molar-refractivity contribution in [3.63, 3.8) is 0 Å². The van der Waals surface area contributed by atoms with Gasteiger partial charge in [-0.15, -0.1) is 11.3 Å². The highest BCUT2D eigenvalue weighted by atomic mass is 32.1. The molecule has 2 atom stereocenters. The number of anilines is 1. The van der Waals surface area contributed by atoms with Gasteiger partial charge in [0.15, 0.2) is 10.8 Å². The van der Waals surface area contributed by atoms with E-state index in [4.69, 9.17) is 4.98 Å². The zero-order chi connectivity index (χ0) is 14.4. The zero-order valence-corrected chi connectivity index (χ0v) is 13.1. The van der Waals surface area contributed by atoms with Gasteiger partial charge in [0.1, 0.15) is 0 Å². The van der Waals surface area contributed by atoms with Crippen molar-refractivity contribution < 1.29 is 5.11 Å². The third-order valence-corrected chi connectivity index (χ3v) is 5.44. The van der Waals surface area contributed by atoms with Crippen molar-refractivity contribution in [3.05, 3.63) is 17.3 Å². The molecular weight excluding hydrogens is 284 g/mol. The number of aliphatic hydroxyl groups is 1. The molecule has 5 nitrogen and oxygen atoms in total. The van der Waals surface area contributed by atoms with Gasteiger partial charge in [0.25, 0.3) is 0 Å². The van der Waals surface area contributed by atoms with Crippen molar-refractivity contribution in [2.24, 2.45) is 5.92 Å².